The van der Waals surface area contributed by atoms with Crippen LogP contribution in [0.5, 0.6) is 0 Å². The predicted octanol–water partition coefficient (Wildman–Crippen LogP) is -0.200. The van der Waals surface area contributed by atoms with Crippen LogP contribution in [-0.4, -0.2) is 45.0 Å². The molecule has 0 fully saturated rings. The van der Waals surface area contributed by atoms with Gasteiger partial charge in [-0.15, -0.1) is 35.5 Å². The van der Waals surface area contributed by atoms with Crippen LogP contribution in [0.2, 0.25) is 0 Å². The SMILES string of the molecule is Sc1cnnnc1S.[NaH]. The molecule has 1 aromatic heterocycles. The molecule has 0 unspecified atom stereocenters. The topological polar surface area (TPSA) is 38.7 Å². The summed E-state index contributed by atoms with van der Waals surface area (Å²) in [6.45, 7) is 0. The number of hydrogen-bond donors (Lipinski definition) is 2. The molecule has 6 heteroatoms. The Labute approximate surface area is 85.8 Å². The number of thiol groups is 2. The summed E-state index contributed by atoms with van der Waals surface area (Å²) in [4.78, 5) is 0.642. The first kappa shape index (κ1) is 9.71. The van der Waals surface area contributed by atoms with Gasteiger partial charge in [-0.2, -0.15) is 0 Å². The van der Waals surface area contributed by atoms with Crippen LogP contribution in [0.1, 0.15) is 0 Å². The molecule has 0 spiro atoms. The molecule has 0 saturated heterocycles. The number of nitrogens with zero attached hydrogens (tertiary/aromatic N) is 3. The van der Waals surface area contributed by atoms with Crippen LogP contribution in [0.3, 0.4) is 0 Å². The molecule has 0 radical (unpaired) electrons. The van der Waals surface area contributed by atoms with Gasteiger partial charge in [0.05, 0.1) is 11.1 Å². The predicted molar refractivity (Wildman–Crippen MR) is 41.5 cm³/mol. The zero-order valence-corrected chi connectivity index (χ0v) is 5.60. The Kier molecular flexibility index (Phi) is 4.87. The average molecular weight is 169 g/mol. The second kappa shape index (κ2) is 4.51. The molecule has 44 valence electrons. The second-order valence-electron chi connectivity index (χ2n) is 1.14. The van der Waals surface area contributed by atoms with Gasteiger partial charge in [0.1, 0.15) is 5.03 Å². The van der Waals surface area contributed by atoms with Gasteiger partial charge < -0.3 is 0 Å². The minimum atomic E-state index is 0. The number of hydrogen-bond acceptors (Lipinski definition) is 5. The molecule has 0 amide bonds. The van der Waals surface area contributed by atoms with Gasteiger partial charge in [-0.05, 0) is 5.21 Å². The van der Waals surface area contributed by atoms with Crippen LogP contribution < -0.4 is 0 Å². The summed E-state index contributed by atoms with van der Waals surface area (Å²) in [6.07, 6.45) is 1.48. The molecule has 0 aliphatic heterocycles. The summed E-state index contributed by atoms with van der Waals surface area (Å²) >= 11 is 7.86. The molecular weight excluding hydrogens is 165 g/mol. The van der Waals surface area contributed by atoms with E-state index in [1.807, 2.05) is 0 Å². The van der Waals surface area contributed by atoms with Crippen LogP contribution in [0.25, 0.3) is 0 Å². The van der Waals surface area contributed by atoms with E-state index in [9.17, 15) is 0 Å². The Morgan fingerprint density at radius 1 is 1.33 bits per heavy atom. The quantitative estimate of drug-likeness (QED) is 0.417. The fourth-order valence-corrected chi connectivity index (χ4v) is 0.452. The average Bonchev–Trinajstić information content (AvgIpc) is 1.77. The molecule has 9 heavy (non-hydrogen) atoms. The number of rotatable bonds is 0. The molecule has 0 aliphatic carbocycles. The van der Waals surface area contributed by atoms with Gasteiger partial charge >= 0.3 is 29.6 Å². The van der Waals surface area contributed by atoms with E-state index >= 15 is 0 Å². The Bertz CT molecular complexity index is 173. The van der Waals surface area contributed by atoms with Crippen molar-refractivity contribution in [2.24, 2.45) is 0 Å². The molecule has 3 nitrogen and oxygen atoms in total. The van der Waals surface area contributed by atoms with Gasteiger partial charge in [-0.1, -0.05) is 0 Å². The van der Waals surface area contributed by atoms with Gasteiger partial charge in [0.25, 0.3) is 0 Å². The van der Waals surface area contributed by atoms with E-state index in [4.69, 9.17) is 0 Å². The van der Waals surface area contributed by atoms with Gasteiger partial charge in [-0.25, -0.2) is 0 Å². The first-order valence-electron chi connectivity index (χ1n) is 1.87. The summed E-state index contributed by atoms with van der Waals surface area (Å²) in [7, 11) is 0. The zero-order chi connectivity index (χ0) is 5.98. The van der Waals surface area contributed by atoms with E-state index in [0.29, 0.717) is 9.92 Å². The fourth-order valence-electron chi connectivity index (χ4n) is 0.258. The van der Waals surface area contributed by atoms with E-state index < -0.39 is 0 Å². The van der Waals surface area contributed by atoms with Crippen molar-refractivity contribution in [1.82, 2.24) is 15.4 Å². The normalized spacial score (nSPS) is 8.22. The molecule has 1 heterocycles. The third-order valence-corrected chi connectivity index (χ3v) is 1.43. The van der Waals surface area contributed by atoms with Gasteiger partial charge in [0.15, 0.2) is 0 Å². The van der Waals surface area contributed by atoms with E-state index in [1.54, 1.807) is 0 Å². The maximum atomic E-state index is 3.96. The van der Waals surface area contributed by atoms with Crippen molar-refractivity contribution in [2.45, 2.75) is 9.92 Å². The van der Waals surface area contributed by atoms with Crippen molar-refractivity contribution < 1.29 is 0 Å². The third kappa shape index (κ3) is 2.86. The van der Waals surface area contributed by atoms with Gasteiger partial charge in [0.2, 0.25) is 0 Å². The Morgan fingerprint density at radius 2 is 2.00 bits per heavy atom. The first-order valence-corrected chi connectivity index (χ1v) is 2.76. The molecule has 0 aromatic carbocycles. The summed E-state index contributed by atoms with van der Waals surface area (Å²) in [5.41, 5.74) is 0. The molecule has 1 aromatic rings. The Balaban J connectivity index is 0.000000640. The van der Waals surface area contributed by atoms with Gasteiger partial charge in [-0.3, -0.25) is 0 Å². The molecule has 0 aliphatic rings. The van der Waals surface area contributed by atoms with E-state index in [0.717, 1.165) is 0 Å². The van der Waals surface area contributed by atoms with Crippen molar-refractivity contribution in [2.75, 3.05) is 0 Å². The van der Waals surface area contributed by atoms with Crippen molar-refractivity contribution >= 4 is 54.8 Å². The zero-order valence-electron chi connectivity index (χ0n) is 3.81. The summed E-state index contributed by atoms with van der Waals surface area (Å²) in [5.74, 6) is 0. The minimum absolute atomic E-state index is 0. The summed E-state index contributed by atoms with van der Waals surface area (Å²) in [5, 5.41) is 10.8. The third-order valence-electron chi connectivity index (χ3n) is 0.600. The van der Waals surface area contributed by atoms with Gasteiger partial charge in [0, 0.05) is 0 Å². The first-order chi connectivity index (χ1) is 3.80. The molecular formula is C3H4N3NaS2. The van der Waals surface area contributed by atoms with Crippen molar-refractivity contribution in [3.8, 4) is 0 Å². The fraction of sp³-hybridized carbons (Fsp3) is 0. The molecule has 0 N–H and O–H groups in total. The monoisotopic (exact) mass is 169 g/mol. The van der Waals surface area contributed by atoms with Crippen LogP contribution in [0.15, 0.2) is 16.1 Å². The van der Waals surface area contributed by atoms with Crippen molar-refractivity contribution in [3.63, 3.8) is 0 Å². The van der Waals surface area contributed by atoms with E-state index in [1.165, 1.54) is 6.20 Å². The molecule has 0 atom stereocenters. The Hall–Kier alpha value is 0.710. The van der Waals surface area contributed by atoms with E-state index in [-0.39, 0.29) is 29.6 Å². The van der Waals surface area contributed by atoms with E-state index in [2.05, 4.69) is 40.7 Å². The summed E-state index contributed by atoms with van der Waals surface area (Å²) < 4.78 is 0. The van der Waals surface area contributed by atoms with Crippen molar-refractivity contribution in [1.29, 1.82) is 0 Å². The summed E-state index contributed by atoms with van der Waals surface area (Å²) in [6, 6.07) is 0. The molecule has 0 saturated carbocycles. The van der Waals surface area contributed by atoms with Crippen LogP contribution in [-0.2, 0) is 0 Å². The van der Waals surface area contributed by atoms with Crippen LogP contribution >= 0.6 is 25.3 Å². The maximum absolute atomic E-state index is 3.96. The van der Waals surface area contributed by atoms with Crippen LogP contribution in [0.4, 0.5) is 0 Å². The number of aromatic nitrogens is 3. The molecule has 1 rings (SSSR count). The van der Waals surface area contributed by atoms with Crippen molar-refractivity contribution in [3.05, 3.63) is 6.20 Å². The Morgan fingerprint density at radius 3 is 2.33 bits per heavy atom. The molecule has 0 bridgehead atoms. The van der Waals surface area contributed by atoms with Crippen LogP contribution in [0, 0.1) is 0 Å². The standard InChI is InChI=1S/C3H3N3S2.Na.H/c7-2-1-4-6-5-3(2)8;;/h1H,(H,6,7)(H,4,5,8);;. The second-order valence-corrected chi connectivity index (χ2v) is 2.05.